The lowest BCUT2D eigenvalue weighted by Crippen LogP contribution is -2.44. The van der Waals surface area contributed by atoms with Crippen LogP contribution in [-0.2, 0) is 6.54 Å². The Balaban J connectivity index is 1.71. The van der Waals surface area contributed by atoms with E-state index in [0.717, 1.165) is 38.4 Å². The van der Waals surface area contributed by atoms with Gasteiger partial charge in [-0.15, -0.1) is 0 Å². The lowest BCUT2D eigenvalue weighted by Gasteiger charge is -2.33. The quantitative estimate of drug-likeness (QED) is 0.811. The molecule has 7 heteroatoms. The van der Waals surface area contributed by atoms with Gasteiger partial charge in [-0.2, -0.15) is 0 Å². The smallest absolute Gasteiger partial charge is 0.263 e. The Hall–Kier alpha value is -2.67. The minimum atomic E-state index is -0.388. The number of likely N-dealkylation sites (N-methyl/N-ethyl adjacent to an activating group) is 1. The average Bonchev–Trinajstić information content (AvgIpc) is 2.68. The molecule has 0 aliphatic carbocycles. The van der Waals surface area contributed by atoms with Gasteiger partial charge in [0.25, 0.3) is 11.5 Å². The normalized spacial score (nSPS) is 15.0. The van der Waals surface area contributed by atoms with Crippen LogP contribution in [0.4, 0.5) is 11.5 Å². The van der Waals surface area contributed by atoms with Crippen LogP contribution >= 0.6 is 0 Å². The van der Waals surface area contributed by atoms with Crippen LogP contribution in [0.2, 0.25) is 0 Å². The predicted molar refractivity (Wildman–Crippen MR) is 117 cm³/mol. The Morgan fingerprint density at radius 3 is 2.52 bits per heavy atom. The third-order valence-corrected chi connectivity index (χ3v) is 5.38. The maximum Gasteiger partial charge on any atom is 0.263 e. The molecule has 1 aliphatic rings. The van der Waals surface area contributed by atoms with Crippen molar-refractivity contribution in [1.82, 2.24) is 14.5 Å². The van der Waals surface area contributed by atoms with Gasteiger partial charge in [0.05, 0.1) is 11.9 Å². The summed E-state index contributed by atoms with van der Waals surface area (Å²) in [6.07, 6.45) is 4.31. The summed E-state index contributed by atoms with van der Waals surface area (Å²) in [5.41, 5.74) is 1.21. The zero-order valence-corrected chi connectivity index (χ0v) is 17.8. The molecule has 0 saturated carbocycles. The first kappa shape index (κ1) is 21.0. The van der Waals surface area contributed by atoms with Gasteiger partial charge in [0.1, 0.15) is 11.4 Å². The minimum Gasteiger partial charge on any atom is -0.354 e. The highest BCUT2D eigenvalue weighted by Crippen LogP contribution is 2.16. The maximum atomic E-state index is 12.8. The Morgan fingerprint density at radius 2 is 1.90 bits per heavy atom. The van der Waals surface area contributed by atoms with Gasteiger partial charge < -0.3 is 19.7 Å². The number of carbonyl (C=O) groups excluding carboxylic acids is 1. The number of aryl methyl sites for hydroxylation is 2. The van der Waals surface area contributed by atoms with E-state index in [2.05, 4.69) is 41.0 Å². The molecule has 7 nitrogen and oxygen atoms in total. The molecule has 1 amide bonds. The SMILES string of the molecule is Cc1ccn(CCC(C)C)c(=O)c1C(=O)Nc1ccc(N2CCN(C)CC2)nc1. The second kappa shape index (κ2) is 9.22. The summed E-state index contributed by atoms with van der Waals surface area (Å²) in [6, 6.07) is 5.58. The monoisotopic (exact) mass is 397 g/mol. The molecule has 1 aliphatic heterocycles. The topological polar surface area (TPSA) is 70.5 Å². The number of pyridine rings is 2. The van der Waals surface area contributed by atoms with E-state index < -0.39 is 0 Å². The molecule has 0 radical (unpaired) electrons. The first-order chi connectivity index (χ1) is 13.8. The number of amides is 1. The summed E-state index contributed by atoms with van der Waals surface area (Å²) in [6.45, 7) is 10.5. The summed E-state index contributed by atoms with van der Waals surface area (Å²) < 4.78 is 1.62. The van der Waals surface area contributed by atoms with Crippen molar-refractivity contribution in [3.05, 3.63) is 52.1 Å². The van der Waals surface area contributed by atoms with Crippen LogP contribution < -0.4 is 15.8 Å². The van der Waals surface area contributed by atoms with Crippen molar-refractivity contribution in [2.24, 2.45) is 5.92 Å². The Kier molecular flexibility index (Phi) is 6.69. The highest BCUT2D eigenvalue weighted by Gasteiger charge is 2.18. The summed E-state index contributed by atoms with van der Waals surface area (Å²) in [5, 5.41) is 2.83. The number of nitrogens with one attached hydrogen (secondary N) is 1. The van der Waals surface area contributed by atoms with Crippen molar-refractivity contribution in [3.8, 4) is 0 Å². The predicted octanol–water partition coefficient (Wildman–Crippen LogP) is 2.60. The number of aromatic nitrogens is 2. The van der Waals surface area contributed by atoms with Crippen LogP contribution in [0.25, 0.3) is 0 Å². The summed E-state index contributed by atoms with van der Waals surface area (Å²) >= 11 is 0. The molecule has 1 fully saturated rings. The van der Waals surface area contributed by atoms with Gasteiger partial charge in [-0.1, -0.05) is 13.8 Å². The van der Waals surface area contributed by atoms with Gasteiger partial charge in [0, 0.05) is 38.9 Å². The molecule has 0 aromatic carbocycles. The van der Waals surface area contributed by atoms with Crippen molar-refractivity contribution in [2.45, 2.75) is 33.7 Å². The number of hydrogen-bond donors (Lipinski definition) is 1. The fourth-order valence-corrected chi connectivity index (χ4v) is 3.39. The minimum absolute atomic E-state index is 0.194. The number of piperazine rings is 1. The molecule has 1 N–H and O–H groups in total. The van der Waals surface area contributed by atoms with Gasteiger partial charge in [-0.25, -0.2) is 4.98 Å². The van der Waals surface area contributed by atoms with Crippen molar-refractivity contribution >= 4 is 17.4 Å². The second-order valence-corrected chi connectivity index (χ2v) is 8.20. The number of hydrogen-bond acceptors (Lipinski definition) is 5. The number of rotatable bonds is 6. The number of carbonyl (C=O) groups is 1. The van der Waals surface area contributed by atoms with Crippen LogP contribution in [0.3, 0.4) is 0 Å². The molecule has 0 atom stereocenters. The third-order valence-electron chi connectivity index (χ3n) is 5.38. The van der Waals surface area contributed by atoms with E-state index in [0.29, 0.717) is 23.7 Å². The highest BCUT2D eigenvalue weighted by atomic mass is 16.2. The lowest BCUT2D eigenvalue weighted by atomic mass is 10.1. The van der Waals surface area contributed by atoms with Crippen LogP contribution in [0.5, 0.6) is 0 Å². The molecule has 29 heavy (non-hydrogen) atoms. The zero-order chi connectivity index (χ0) is 21.0. The molecule has 2 aromatic rings. The standard InChI is InChI=1S/C22H31N5O2/c1-16(2)7-9-27-10-8-17(3)20(22(27)29)21(28)24-18-5-6-19(23-15-18)26-13-11-25(4)12-14-26/h5-6,8,10,15-16H,7,9,11-14H2,1-4H3,(H,24,28). The molecular weight excluding hydrogens is 366 g/mol. The van der Waals surface area contributed by atoms with Crippen molar-refractivity contribution < 1.29 is 4.79 Å². The number of anilines is 2. The molecule has 0 bridgehead atoms. The van der Waals surface area contributed by atoms with E-state index in [1.54, 1.807) is 23.9 Å². The fraction of sp³-hybridized carbons (Fsp3) is 0.500. The number of nitrogens with zero attached hydrogens (tertiary/aromatic N) is 4. The van der Waals surface area contributed by atoms with Gasteiger partial charge in [0.15, 0.2) is 0 Å². The van der Waals surface area contributed by atoms with Gasteiger partial charge in [-0.3, -0.25) is 9.59 Å². The van der Waals surface area contributed by atoms with Crippen molar-refractivity contribution in [2.75, 3.05) is 43.4 Å². The fourth-order valence-electron chi connectivity index (χ4n) is 3.39. The Morgan fingerprint density at radius 1 is 1.17 bits per heavy atom. The summed E-state index contributed by atoms with van der Waals surface area (Å²) in [7, 11) is 2.12. The van der Waals surface area contributed by atoms with Crippen LogP contribution in [0, 0.1) is 12.8 Å². The molecule has 0 spiro atoms. The Bertz CT molecular complexity index is 896. The first-order valence-electron chi connectivity index (χ1n) is 10.3. The average molecular weight is 398 g/mol. The molecule has 3 heterocycles. The molecule has 3 rings (SSSR count). The van der Waals surface area contributed by atoms with E-state index in [9.17, 15) is 9.59 Å². The van der Waals surface area contributed by atoms with Crippen LogP contribution in [0.15, 0.2) is 35.4 Å². The first-order valence-corrected chi connectivity index (χ1v) is 10.3. The molecule has 0 unspecified atom stereocenters. The molecule has 2 aromatic heterocycles. The largest absolute Gasteiger partial charge is 0.354 e. The van der Waals surface area contributed by atoms with E-state index >= 15 is 0 Å². The van der Waals surface area contributed by atoms with E-state index in [4.69, 9.17) is 0 Å². The maximum absolute atomic E-state index is 12.8. The zero-order valence-electron chi connectivity index (χ0n) is 17.8. The third kappa shape index (κ3) is 5.23. The Labute approximate surface area is 172 Å². The van der Waals surface area contributed by atoms with Crippen LogP contribution in [0.1, 0.15) is 36.2 Å². The summed E-state index contributed by atoms with van der Waals surface area (Å²) in [4.78, 5) is 34.6. The lowest BCUT2D eigenvalue weighted by molar-refractivity contribution is 0.102. The van der Waals surface area contributed by atoms with Gasteiger partial charge in [-0.05, 0) is 50.1 Å². The van der Waals surface area contributed by atoms with Crippen LogP contribution in [-0.4, -0.2) is 53.6 Å². The molecule has 1 saturated heterocycles. The van der Waals surface area contributed by atoms with E-state index in [-0.39, 0.29) is 17.0 Å². The van der Waals surface area contributed by atoms with E-state index in [1.807, 2.05) is 18.2 Å². The van der Waals surface area contributed by atoms with Crippen molar-refractivity contribution in [3.63, 3.8) is 0 Å². The summed E-state index contributed by atoms with van der Waals surface area (Å²) in [5.74, 6) is 1.01. The molecular formula is C22H31N5O2. The van der Waals surface area contributed by atoms with E-state index in [1.165, 1.54) is 0 Å². The van der Waals surface area contributed by atoms with Crippen molar-refractivity contribution in [1.29, 1.82) is 0 Å². The highest BCUT2D eigenvalue weighted by molar-refractivity contribution is 6.04. The molecule has 156 valence electrons. The van der Waals surface area contributed by atoms with Gasteiger partial charge >= 0.3 is 0 Å². The second-order valence-electron chi connectivity index (χ2n) is 8.20. The van der Waals surface area contributed by atoms with Gasteiger partial charge in [0.2, 0.25) is 0 Å².